The molecular weight excluding hydrogens is 280 g/mol. The fourth-order valence-corrected chi connectivity index (χ4v) is 3.03. The van der Waals surface area contributed by atoms with E-state index >= 15 is 0 Å². The average molecular weight is 299 g/mol. The molecule has 0 radical (unpaired) electrons. The minimum absolute atomic E-state index is 0.927. The summed E-state index contributed by atoms with van der Waals surface area (Å²) in [5.41, 5.74) is 3.70. The molecule has 1 aromatic heterocycles. The second-order valence-electron chi connectivity index (χ2n) is 5.80. The SMILES string of the molecule is c1ccc(CCNc2cc[nH+]c3cc4ccccc4cc23)cc1. The van der Waals surface area contributed by atoms with Crippen molar-refractivity contribution in [3.05, 3.63) is 84.6 Å². The molecule has 0 atom stereocenters. The van der Waals surface area contributed by atoms with E-state index in [1.807, 2.05) is 6.20 Å². The number of rotatable bonds is 4. The maximum Gasteiger partial charge on any atom is 0.213 e. The van der Waals surface area contributed by atoms with Gasteiger partial charge in [-0.05, 0) is 28.8 Å². The molecule has 0 fully saturated rings. The predicted octanol–water partition coefficient (Wildman–Crippen LogP) is 4.46. The highest BCUT2D eigenvalue weighted by atomic mass is 14.9. The Morgan fingerprint density at radius 2 is 1.52 bits per heavy atom. The fourth-order valence-electron chi connectivity index (χ4n) is 3.03. The van der Waals surface area contributed by atoms with Crippen molar-refractivity contribution in [1.29, 1.82) is 0 Å². The molecule has 0 aliphatic rings. The fraction of sp³-hybridized carbons (Fsp3) is 0.0952. The summed E-state index contributed by atoms with van der Waals surface area (Å²) >= 11 is 0. The quantitative estimate of drug-likeness (QED) is 0.553. The van der Waals surface area contributed by atoms with Gasteiger partial charge in [0.2, 0.25) is 5.52 Å². The van der Waals surface area contributed by atoms with E-state index in [9.17, 15) is 0 Å². The minimum Gasteiger partial charge on any atom is -0.384 e. The highest BCUT2D eigenvalue weighted by Gasteiger charge is 2.07. The van der Waals surface area contributed by atoms with Crippen LogP contribution < -0.4 is 10.3 Å². The Morgan fingerprint density at radius 3 is 2.35 bits per heavy atom. The number of benzene rings is 3. The third kappa shape index (κ3) is 2.88. The summed E-state index contributed by atoms with van der Waals surface area (Å²) in [6.07, 6.45) is 3.02. The van der Waals surface area contributed by atoms with E-state index in [1.165, 1.54) is 27.4 Å². The van der Waals surface area contributed by atoms with E-state index < -0.39 is 0 Å². The highest BCUT2D eigenvalue weighted by Crippen LogP contribution is 2.25. The van der Waals surface area contributed by atoms with Gasteiger partial charge < -0.3 is 5.32 Å². The predicted molar refractivity (Wildman–Crippen MR) is 96.6 cm³/mol. The van der Waals surface area contributed by atoms with Crippen LogP contribution in [0.5, 0.6) is 0 Å². The van der Waals surface area contributed by atoms with Gasteiger partial charge in [0.25, 0.3) is 0 Å². The molecule has 2 nitrogen and oxygen atoms in total. The van der Waals surface area contributed by atoms with Crippen LogP contribution in [0.1, 0.15) is 5.56 Å². The minimum atomic E-state index is 0.927. The van der Waals surface area contributed by atoms with Crippen molar-refractivity contribution in [2.24, 2.45) is 0 Å². The summed E-state index contributed by atoms with van der Waals surface area (Å²) in [5, 5.41) is 7.35. The first kappa shape index (κ1) is 13.8. The third-order valence-corrected chi connectivity index (χ3v) is 4.24. The van der Waals surface area contributed by atoms with E-state index in [-0.39, 0.29) is 0 Å². The number of aromatic nitrogens is 1. The Labute approximate surface area is 135 Å². The first-order chi connectivity index (χ1) is 11.4. The molecule has 0 bridgehead atoms. The zero-order chi connectivity index (χ0) is 15.5. The molecule has 0 saturated carbocycles. The summed E-state index contributed by atoms with van der Waals surface area (Å²) in [4.78, 5) is 3.35. The molecule has 0 aliphatic carbocycles. The van der Waals surface area contributed by atoms with Crippen LogP contribution in [0.15, 0.2) is 79.0 Å². The van der Waals surface area contributed by atoms with E-state index in [1.54, 1.807) is 0 Å². The van der Waals surface area contributed by atoms with Gasteiger partial charge in [-0.2, -0.15) is 0 Å². The van der Waals surface area contributed by atoms with E-state index in [0.717, 1.165) is 18.5 Å². The van der Waals surface area contributed by atoms with Crippen LogP contribution in [0.4, 0.5) is 5.69 Å². The summed E-state index contributed by atoms with van der Waals surface area (Å²) in [5.74, 6) is 0. The lowest BCUT2D eigenvalue weighted by Crippen LogP contribution is -2.09. The van der Waals surface area contributed by atoms with Gasteiger partial charge in [0.1, 0.15) is 0 Å². The monoisotopic (exact) mass is 299 g/mol. The molecular formula is C21H19N2+. The summed E-state index contributed by atoms with van der Waals surface area (Å²) in [6.45, 7) is 0.927. The first-order valence-corrected chi connectivity index (χ1v) is 8.01. The first-order valence-electron chi connectivity index (χ1n) is 8.01. The molecule has 23 heavy (non-hydrogen) atoms. The lowest BCUT2D eigenvalue weighted by molar-refractivity contribution is -0.344. The Bertz CT molecular complexity index is 945. The molecule has 0 spiro atoms. The highest BCUT2D eigenvalue weighted by molar-refractivity contribution is 6.00. The van der Waals surface area contributed by atoms with Crippen molar-refractivity contribution in [3.8, 4) is 0 Å². The van der Waals surface area contributed by atoms with Crippen molar-refractivity contribution in [2.75, 3.05) is 11.9 Å². The maximum absolute atomic E-state index is 3.58. The molecule has 2 heteroatoms. The number of pyridine rings is 1. The van der Waals surface area contributed by atoms with E-state index in [4.69, 9.17) is 0 Å². The second-order valence-corrected chi connectivity index (χ2v) is 5.80. The number of aromatic amines is 1. The lowest BCUT2D eigenvalue weighted by atomic mass is 10.1. The molecule has 4 rings (SSSR count). The molecule has 4 aromatic rings. The Hall–Kier alpha value is -2.87. The number of anilines is 1. The third-order valence-electron chi connectivity index (χ3n) is 4.24. The van der Waals surface area contributed by atoms with Gasteiger partial charge in [-0.1, -0.05) is 54.6 Å². The van der Waals surface area contributed by atoms with Crippen molar-refractivity contribution in [3.63, 3.8) is 0 Å². The Kier molecular flexibility index (Phi) is 3.65. The van der Waals surface area contributed by atoms with Crippen molar-refractivity contribution < 1.29 is 4.98 Å². The topological polar surface area (TPSA) is 26.2 Å². The van der Waals surface area contributed by atoms with Gasteiger partial charge in [-0.25, -0.2) is 4.98 Å². The lowest BCUT2D eigenvalue weighted by Gasteiger charge is -2.08. The number of fused-ring (bicyclic) bond motifs is 2. The van der Waals surface area contributed by atoms with Crippen LogP contribution in [-0.2, 0) is 6.42 Å². The van der Waals surface area contributed by atoms with Crippen LogP contribution in [0.3, 0.4) is 0 Å². The molecule has 0 amide bonds. The van der Waals surface area contributed by atoms with Crippen molar-refractivity contribution in [1.82, 2.24) is 0 Å². The van der Waals surface area contributed by atoms with Crippen LogP contribution >= 0.6 is 0 Å². The second kappa shape index (κ2) is 6.09. The number of hydrogen-bond acceptors (Lipinski definition) is 1. The Morgan fingerprint density at radius 1 is 0.783 bits per heavy atom. The average Bonchev–Trinajstić information content (AvgIpc) is 2.61. The van der Waals surface area contributed by atoms with Crippen LogP contribution in [0.2, 0.25) is 0 Å². The largest absolute Gasteiger partial charge is 0.384 e. The van der Waals surface area contributed by atoms with Crippen molar-refractivity contribution in [2.45, 2.75) is 6.42 Å². The zero-order valence-corrected chi connectivity index (χ0v) is 12.9. The maximum atomic E-state index is 3.58. The van der Waals surface area contributed by atoms with Crippen LogP contribution in [0.25, 0.3) is 21.7 Å². The van der Waals surface area contributed by atoms with Crippen LogP contribution in [0, 0.1) is 0 Å². The molecule has 0 aliphatic heterocycles. The smallest absolute Gasteiger partial charge is 0.213 e. The molecule has 3 aromatic carbocycles. The van der Waals surface area contributed by atoms with Crippen molar-refractivity contribution >= 4 is 27.4 Å². The van der Waals surface area contributed by atoms with Gasteiger partial charge in [0.15, 0.2) is 6.20 Å². The number of nitrogens with one attached hydrogen (secondary N) is 2. The molecule has 0 unspecified atom stereocenters. The molecule has 112 valence electrons. The van der Waals surface area contributed by atoms with E-state index in [2.05, 4.69) is 83.1 Å². The normalized spacial score (nSPS) is 11.0. The molecule has 1 heterocycles. The van der Waals surface area contributed by atoms with Gasteiger partial charge in [-0.15, -0.1) is 0 Å². The summed E-state index contributed by atoms with van der Waals surface area (Å²) in [6, 6.07) is 25.7. The summed E-state index contributed by atoms with van der Waals surface area (Å²) in [7, 11) is 0. The Balaban J connectivity index is 1.62. The number of hydrogen-bond donors (Lipinski definition) is 1. The van der Waals surface area contributed by atoms with Gasteiger partial charge in [0, 0.05) is 18.7 Å². The standard InChI is InChI=1S/C21H18N2/c1-2-6-16(7-3-1)10-12-22-20-11-13-23-21-15-18-9-5-4-8-17(18)14-19(20)21/h1-9,11,13-15H,10,12H2,(H,22,23)/p+1. The summed E-state index contributed by atoms with van der Waals surface area (Å²) < 4.78 is 0. The molecule has 0 saturated heterocycles. The van der Waals surface area contributed by atoms with Gasteiger partial charge in [-0.3, -0.25) is 0 Å². The van der Waals surface area contributed by atoms with Gasteiger partial charge in [0.05, 0.1) is 11.1 Å². The number of H-pyrrole nitrogens is 1. The van der Waals surface area contributed by atoms with E-state index in [0.29, 0.717) is 0 Å². The zero-order valence-electron chi connectivity index (χ0n) is 12.9. The van der Waals surface area contributed by atoms with Gasteiger partial charge >= 0.3 is 0 Å². The van der Waals surface area contributed by atoms with Crippen LogP contribution in [-0.4, -0.2) is 6.54 Å². The molecule has 2 N–H and O–H groups in total.